The minimum atomic E-state index is 0.0269. The molecule has 0 aliphatic heterocycles. The highest BCUT2D eigenvalue weighted by molar-refractivity contribution is 9.10. The summed E-state index contributed by atoms with van der Waals surface area (Å²) in [7, 11) is 0. The molecule has 1 aromatic carbocycles. The van der Waals surface area contributed by atoms with Crippen LogP contribution < -0.4 is 10.6 Å². The second-order valence-electron chi connectivity index (χ2n) is 4.47. The molecule has 1 fully saturated rings. The fourth-order valence-electron chi connectivity index (χ4n) is 1.72. The van der Waals surface area contributed by atoms with Gasteiger partial charge in [-0.3, -0.25) is 4.79 Å². The smallest absolute Gasteiger partial charge is 0.234 e. The molecule has 92 valence electrons. The normalized spacial score (nSPS) is 16.6. The van der Waals surface area contributed by atoms with E-state index in [0.29, 0.717) is 12.6 Å². The van der Waals surface area contributed by atoms with Gasteiger partial charge in [0.15, 0.2) is 0 Å². The average Bonchev–Trinajstić information content (AvgIpc) is 3.10. The maximum Gasteiger partial charge on any atom is 0.234 e. The SMILES string of the molecule is CC(NC(=O)CNC1CC1)c1ccccc1Br. The molecule has 0 radical (unpaired) electrons. The van der Waals surface area contributed by atoms with Gasteiger partial charge in [-0.2, -0.15) is 0 Å². The predicted octanol–water partition coefficient (Wildman–Crippen LogP) is 2.38. The molecule has 0 spiro atoms. The summed E-state index contributed by atoms with van der Waals surface area (Å²) >= 11 is 3.49. The summed E-state index contributed by atoms with van der Waals surface area (Å²) in [6.45, 7) is 2.41. The van der Waals surface area contributed by atoms with Gasteiger partial charge in [0.25, 0.3) is 0 Å². The molecule has 4 heteroatoms. The average molecular weight is 297 g/mol. The predicted molar refractivity (Wildman–Crippen MR) is 71.7 cm³/mol. The molecular formula is C13H17BrN2O. The topological polar surface area (TPSA) is 41.1 Å². The molecule has 1 unspecified atom stereocenters. The van der Waals surface area contributed by atoms with Gasteiger partial charge in [0, 0.05) is 10.5 Å². The first-order valence-corrected chi connectivity index (χ1v) is 6.73. The van der Waals surface area contributed by atoms with Crippen LogP contribution in [0.1, 0.15) is 31.4 Å². The van der Waals surface area contributed by atoms with Crippen LogP contribution in [0, 0.1) is 0 Å². The number of benzene rings is 1. The zero-order valence-electron chi connectivity index (χ0n) is 9.87. The van der Waals surface area contributed by atoms with Gasteiger partial charge < -0.3 is 10.6 Å². The van der Waals surface area contributed by atoms with Crippen LogP contribution in [-0.2, 0) is 4.79 Å². The standard InChI is InChI=1S/C13H17BrN2O/c1-9(11-4-2-3-5-12(11)14)16-13(17)8-15-10-6-7-10/h2-5,9-10,15H,6-8H2,1H3,(H,16,17). The van der Waals surface area contributed by atoms with E-state index in [1.807, 2.05) is 31.2 Å². The van der Waals surface area contributed by atoms with Gasteiger partial charge in [-0.1, -0.05) is 34.1 Å². The van der Waals surface area contributed by atoms with Crippen molar-refractivity contribution in [2.45, 2.75) is 31.8 Å². The van der Waals surface area contributed by atoms with Gasteiger partial charge >= 0.3 is 0 Å². The van der Waals surface area contributed by atoms with Crippen LogP contribution >= 0.6 is 15.9 Å². The number of halogens is 1. The Morgan fingerprint density at radius 1 is 1.47 bits per heavy atom. The molecule has 1 amide bonds. The summed E-state index contributed by atoms with van der Waals surface area (Å²) in [6.07, 6.45) is 2.40. The lowest BCUT2D eigenvalue weighted by molar-refractivity contribution is -0.120. The Balaban J connectivity index is 1.85. The van der Waals surface area contributed by atoms with Crippen molar-refractivity contribution in [1.82, 2.24) is 10.6 Å². The minimum absolute atomic E-state index is 0.0269. The maximum absolute atomic E-state index is 11.7. The van der Waals surface area contributed by atoms with Crippen LogP contribution in [0.5, 0.6) is 0 Å². The van der Waals surface area contributed by atoms with Gasteiger partial charge in [-0.15, -0.1) is 0 Å². The van der Waals surface area contributed by atoms with Crippen molar-refractivity contribution in [2.24, 2.45) is 0 Å². The first kappa shape index (κ1) is 12.6. The molecular weight excluding hydrogens is 280 g/mol. The molecule has 0 aromatic heterocycles. The van der Waals surface area contributed by atoms with E-state index < -0.39 is 0 Å². The van der Waals surface area contributed by atoms with Crippen molar-refractivity contribution in [3.8, 4) is 0 Å². The molecule has 1 aromatic rings. The fraction of sp³-hybridized carbons (Fsp3) is 0.462. The van der Waals surface area contributed by atoms with Crippen LogP contribution in [0.2, 0.25) is 0 Å². The van der Waals surface area contributed by atoms with E-state index >= 15 is 0 Å². The van der Waals surface area contributed by atoms with E-state index in [1.165, 1.54) is 12.8 Å². The quantitative estimate of drug-likeness (QED) is 0.876. The molecule has 1 saturated carbocycles. The Hall–Kier alpha value is -0.870. The lowest BCUT2D eigenvalue weighted by Crippen LogP contribution is -2.36. The summed E-state index contributed by atoms with van der Waals surface area (Å²) in [5, 5.41) is 6.19. The molecule has 1 aliphatic rings. The van der Waals surface area contributed by atoms with E-state index in [1.54, 1.807) is 0 Å². The van der Waals surface area contributed by atoms with Crippen LogP contribution in [-0.4, -0.2) is 18.5 Å². The highest BCUT2D eigenvalue weighted by atomic mass is 79.9. The molecule has 0 bridgehead atoms. The van der Waals surface area contributed by atoms with Crippen molar-refractivity contribution in [3.05, 3.63) is 34.3 Å². The molecule has 1 aliphatic carbocycles. The number of hydrogen-bond acceptors (Lipinski definition) is 2. The zero-order valence-corrected chi connectivity index (χ0v) is 11.5. The molecule has 2 rings (SSSR count). The summed E-state index contributed by atoms with van der Waals surface area (Å²) in [4.78, 5) is 11.7. The number of carbonyl (C=O) groups is 1. The van der Waals surface area contributed by atoms with Crippen molar-refractivity contribution < 1.29 is 4.79 Å². The van der Waals surface area contributed by atoms with Crippen LogP contribution in [0.25, 0.3) is 0 Å². The van der Waals surface area contributed by atoms with E-state index in [-0.39, 0.29) is 11.9 Å². The maximum atomic E-state index is 11.7. The lowest BCUT2D eigenvalue weighted by Gasteiger charge is -2.16. The summed E-state index contributed by atoms with van der Waals surface area (Å²) in [6, 6.07) is 8.55. The Bertz CT molecular complexity index is 404. The van der Waals surface area contributed by atoms with E-state index in [9.17, 15) is 4.79 Å². The largest absolute Gasteiger partial charge is 0.348 e. The van der Waals surface area contributed by atoms with E-state index in [4.69, 9.17) is 0 Å². The monoisotopic (exact) mass is 296 g/mol. The highest BCUT2D eigenvalue weighted by Crippen LogP contribution is 2.22. The van der Waals surface area contributed by atoms with Crippen molar-refractivity contribution in [2.75, 3.05) is 6.54 Å². The van der Waals surface area contributed by atoms with Gasteiger partial charge in [0.1, 0.15) is 0 Å². The number of hydrogen-bond donors (Lipinski definition) is 2. The minimum Gasteiger partial charge on any atom is -0.348 e. The molecule has 17 heavy (non-hydrogen) atoms. The number of nitrogens with one attached hydrogen (secondary N) is 2. The van der Waals surface area contributed by atoms with Gasteiger partial charge in [0.2, 0.25) is 5.91 Å². The zero-order chi connectivity index (χ0) is 12.3. The second kappa shape index (κ2) is 5.65. The third kappa shape index (κ3) is 3.82. The molecule has 3 nitrogen and oxygen atoms in total. The fourth-order valence-corrected chi connectivity index (χ4v) is 2.35. The summed E-state index contributed by atoms with van der Waals surface area (Å²) in [5.41, 5.74) is 1.10. The Morgan fingerprint density at radius 3 is 2.82 bits per heavy atom. The van der Waals surface area contributed by atoms with E-state index in [2.05, 4.69) is 26.6 Å². The Labute approximate surface area is 110 Å². The Kier molecular flexibility index (Phi) is 4.18. The van der Waals surface area contributed by atoms with Crippen LogP contribution in [0.4, 0.5) is 0 Å². The Morgan fingerprint density at radius 2 is 2.18 bits per heavy atom. The third-order valence-electron chi connectivity index (χ3n) is 2.88. The first-order valence-electron chi connectivity index (χ1n) is 5.94. The number of amides is 1. The van der Waals surface area contributed by atoms with Crippen molar-refractivity contribution in [3.63, 3.8) is 0 Å². The van der Waals surface area contributed by atoms with Crippen LogP contribution in [0.15, 0.2) is 28.7 Å². The number of carbonyl (C=O) groups excluding carboxylic acids is 1. The van der Waals surface area contributed by atoms with Gasteiger partial charge in [0.05, 0.1) is 12.6 Å². The second-order valence-corrected chi connectivity index (χ2v) is 5.32. The molecule has 0 saturated heterocycles. The number of rotatable bonds is 5. The van der Waals surface area contributed by atoms with Crippen molar-refractivity contribution >= 4 is 21.8 Å². The first-order chi connectivity index (χ1) is 8.16. The highest BCUT2D eigenvalue weighted by Gasteiger charge is 2.21. The van der Waals surface area contributed by atoms with Crippen molar-refractivity contribution in [1.29, 1.82) is 0 Å². The molecule has 0 heterocycles. The van der Waals surface area contributed by atoms with Crippen LogP contribution in [0.3, 0.4) is 0 Å². The van der Waals surface area contributed by atoms with E-state index in [0.717, 1.165) is 10.0 Å². The molecule has 2 N–H and O–H groups in total. The summed E-state index contributed by atoms with van der Waals surface area (Å²) in [5.74, 6) is 0.0557. The molecule has 1 atom stereocenters. The van der Waals surface area contributed by atoms with Gasteiger partial charge in [-0.25, -0.2) is 0 Å². The summed E-state index contributed by atoms with van der Waals surface area (Å²) < 4.78 is 1.03. The van der Waals surface area contributed by atoms with Gasteiger partial charge in [-0.05, 0) is 31.4 Å². The third-order valence-corrected chi connectivity index (χ3v) is 3.60. The lowest BCUT2D eigenvalue weighted by atomic mass is 10.1.